The number of aromatic nitrogens is 1. The number of rotatable bonds is 9. The number of amides is 1. The summed E-state index contributed by atoms with van der Waals surface area (Å²) in [6, 6.07) is 5.33. The van der Waals surface area contributed by atoms with Crippen LogP contribution in [0.1, 0.15) is 51.0 Å². The highest BCUT2D eigenvalue weighted by Crippen LogP contribution is 2.37. The zero-order valence-electron chi connectivity index (χ0n) is 19.7. The highest BCUT2D eigenvalue weighted by molar-refractivity contribution is 5.85. The van der Waals surface area contributed by atoms with Crippen molar-refractivity contribution in [1.82, 2.24) is 10.3 Å². The van der Waals surface area contributed by atoms with Crippen LogP contribution in [0.5, 0.6) is 5.75 Å². The fourth-order valence-corrected chi connectivity index (χ4v) is 4.07. The SMILES string of the molecule is COc1cccc(-c2nc(CO[C@@H]3CCC[C@H](C(=O)N[C@H](C(=O)O)C(C)C)C3)c(C(F)(F)F)o2)c1. The Morgan fingerprint density at radius 3 is 2.66 bits per heavy atom. The summed E-state index contributed by atoms with van der Waals surface area (Å²) in [5, 5.41) is 11.9. The maximum atomic E-state index is 13.6. The van der Waals surface area contributed by atoms with Crippen molar-refractivity contribution in [1.29, 1.82) is 0 Å². The molecule has 11 heteroatoms. The van der Waals surface area contributed by atoms with Crippen LogP contribution < -0.4 is 10.1 Å². The summed E-state index contributed by atoms with van der Waals surface area (Å²) in [5.74, 6) is -3.28. The molecule has 0 aliphatic heterocycles. The summed E-state index contributed by atoms with van der Waals surface area (Å²) < 4.78 is 56.7. The lowest BCUT2D eigenvalue weighted by Gasteiger charge is -2.29. The fraction of sp³-hybridized carbons (Fsp3) is 0.542. The number of oxazole rings is 1. The molecule has 1 aliphatic rings. The Hall–Kier alpha value is -3.08. The Morgan fingerprint density at radius 1 is 1.29 bits per heavy atom. The molecular formula is C24H29F3N2O6. The molecule has 0 unspecified atom stereocenters. The monoisotopic (exact) mass is 498 g/mol. The highest BCUT2D eigenvalue weighted by Gasteiger charge is 2.40. The van der Waals surface area contributed by atoms with E-state index in [9.17, 15) is 27.9 Å². The molecule has 1 fully saturated rings. The first-order valence-corrected chi connectivity index (χ1v) is 11.4. The molecule has 1 aromatic carbocycles. The number of ether oxygens (including phenoxy) is 2. The van der Waals surface area contributed by atoms with Gasteiger partial charge in [0.05, 0.1) is 19.8 Å². The summed E-state index contributed by atoms with van der Waals surface area (Å²) >= 11 is 0. The van der Waals surface area contributed by atoms with Crippen LogP contribution in [-0.4, -0.2) is 41.2 Å². The van der Waals surface area contributed by atoms with Crippen molar-refractivity contribution < 1.29 is 41.8 Å². The molecule has 0 radical (unpaired) electrons. The third-order valence-electron chi connectivity index (χ3n) is 5.95. The second-order valence-corrected chi connectivity index (χ2v) is 8.89. The van der Waals surface area contributed by atoms with Gasteiger partial charge in [0, 0.05) is 11.5 Å². The zero-order valence-corrected chi connectivity index (χ0v) is 19.7. The Balaban J connectivity index is 1.69. The molecule has 1 heterocycles. The minimum atomic E-state index is -4.76. The van der Waals surface area contributed by atoms with Crippen LogP contribution in [-0.2, 0) is 27.1 Å². The lowest BCUT2D eigenvalue weighted by atomic mass is 9.86. The molecule has 1 amide bonds. The van der Waals surface area contributed by atoms with Crippen LogP contribution in [0.25, 0.3) is 11.5 Å². The fourth-order valence-electron chi connectivity index (χ4n) is 4.07. The quantitative estimate of drug-likeness (QED) is 0.517. The van der Waals surface area contributed by atoms with Crippen molar-refractivity contribution in [3.05, 3.63) is 35.7 Å². The highest BCUT2D eigenvalue weighted by atomic mass is 19.4. The van der Waals surface area contributed by atoms with Crippen LogP contribution >= 0.6 is 0 Å². The summed E-state index contributed by atoms with van der Waals surface area (Å²) in [6.07, 6.45) is -3.22. The van der Waals surface area contributed by atoms with Crippen molar-refractivity contribution in [2.75, 3.05) is 7.11 Å². The number of carbonyl (C=O) groups excluding carboxylic acids is 1. The van der Waals surface area contributed by atoms with E-state index in [4.69, 9.17) is 13.9 Å². The smallest absolute Gasteiger partial charge is 0.451 e. The van der Waals surface area contributed by atoms with Crippen molar-refractivity contribution >= 4 is 11.9 Å². The molecule has 0 bridgehead atoms. The summed E-state index contributed by atoms with van der Waals surface area (Å²) in [6.45, 7) is 2.95. The van der Waals surface area contributed by atoms with Gasteiger partial charge in [0.25, 0.3) is 0 Å². The van der Waals surface area contributed by atoms with Crippen molar-refractivity contribution in [3.8, 4) is 17.2 Å². The van der Waals surface area contributed by atoms with Gasteiger partial charge in [0.15, 0.2) is 0 Å². The number of aliphatic carboxylic acids is 1. The molecule has 3 rings (SSSR count). The zero-order chi connectivity index (χ0) is 25.8. The molecule has 35 heavy (non-hydrogen) atoms. The summed E-state index contributed by atoms with van der Waals surface area (Å²) in [7, 11) is 1.44. The van der Waals surface area contributed by atoms with Crippen LogP contribution in [0.4, 0.5) is 13.2 Å². The molecule has 1 saturated carbocycles. The maximum Gasteiger partial charge on any atom is 0.451 e. The maximum absolute atomic E-state index is 13.6. The number of carbonyl (C=O) groups is 2. The van der Waals surface area contributed by atoms with E-state index in [2.05, 4.69) is 10.3 Å². The molecule has 8 nitrogen and oxygen atoms in total. The van der Waals surface area contributed by atoms with Gasteiger partial charge in [-0.1, -0.05) is 26.3 Å². The number of hydrogen-bond donors (Lipinski definition) is 2. The van der Waals surface area contributed by atoms with Crippen molar-refractivity contribution in [2.45, 2.75) is 64.5 Å². The van der Waals surface area contributed by atoms with Crippen LogP contribution in [0.15, 0.2) is 28.7 Å². The molecule has 192 valence electrons. The van der Waals surface area contributed by atoms with E-state index in [1.165, 1.54) is 13.2 Å². The van der Waals surface area contributed by atoms with Crippen LogP contribution in [0.3, 0.4) is 0 Å². The lowest BCUT2D eigenvalue weighted by molar-refractivity contribution is -0.154. The molecule has 0 spiro atoms. The number of nitrogens with zero attached hydrogens (tertiary/aromatic N) is 1. The van der Waals surface area contributed by atoms with E-state index in [0.29, 0.717) is 30.6 Å². The van der Waals surface area contributed by atoms with Gasteiger partial charge in [0.1, 0.15) is 17.5 Å². The number of nitrogens with one attached hydrogen (secondary N) is 1. The topological polar surface area (TPSA) is 111 Å². The molecule has 2 aromatic rings. The first-order chi connectivity index (χ1) is 16.5. The predicted octanol–water partition coefficient (Wildman–Crippen LogP) is 4.67. The molecule has 0 saturated heterocycles. The third-order valence-corrected chi connectivity index (χ3v) is 5.95. The molecule has 3 atom stereocenters. The van der Waals surface area contributed by atoms with Gasteiger partial charge in [-0.2, -0.15) is 13.2 Å². The normalized spacial score (nSPS) is 19.4. The Kier molecular flexibility index (Phi) is 8.42. The summed E-state index contributed by atoms with van der Waals surface area (Å²) in [5.41, 5.74) is -0.0544. The number of halogens is 3. The minimum absolute atomic E-state index is 0.205. The van der Waals surface area contributed by atoms with Gasteiger partial charge in [0.2, 0.25) is 17.6 Å². The van der Waals surface area contributed by atoms with Gasteiger partial charge in [-0.3, -0.25) is 4.79 Å². The molecular weight excluding hydrogens is 469 g/mol. The standard InChI is InChI=1S/C24H29F3N2O6/c1-13(2)19(23(31)32)29-21(30)14-6-4-9-17(10-14)34-12-18-20(24(25,26)27)35-22(28-18)15-7-5-8-16(11-15)33-3/h5,7-8,11,13-14,17,19H,4,6,9-10,12H2,1-3H3,(H,29,30)(H,31,32)/t14-,17+,19-/m0/s1. The number of hydrogen-bond acceptors (Lipinski definition) is 6. The molecule has 1 aromatic heterocycles. The predicted molar refractivity (Wildman–Crippen MR) is 118 cm³/mol. The number of alkyl halides is 3. The summed E-state index contributed by atoms with van der Waals surface area (Å²) in [4.78, 5) is 28.0. The number of benzene rings is 1. The average Bonchev–Trinajstić information content (AvgIpc) is 3.26. The Labute approximate surface area is 200 Å². The van der Waals surface area contributed by atoms with Gasteiger partial charge in [-0.15, -0.1) is 0 Å². The van der Waals surface area contributed by atoms with Gasteiger partial charge in [-0.25, -0.2) is 9.78 Å². The van der Waals surface area contributed by atoms with Gasteiger partial charge in [-0.05, 0) is 43.4 Å². The van der Waals surface area contributed by atoms with E-state index < -0.39 is 48.5 Å². The van der Waals surface area contributed by atoms with E-state index >= 15 is 0 Å². The van der Waals surface area contributed by atoms with E-state index in [-0.39, 0.29) is 23.9 Å². The number of methoxy groups -OCH3 is 1. The van der Waals surface area contributed by atoms with Crippen LogP contribution in [0, 0.1) is 11.8 Å². The first-order valence-electron chi connectivity index (χ1n) is 11.4. The van der Waals surface area contributed by atoms with Crippen LogP contribution in [0.2, 0.25) is 0 Å². The second-order valence-electron chi connectivity index (χ2n) is 8.89. The van der Waals surface area contributed by atoms with E-state index in [0.717, 1.165) is 0 Å². The van der Waals surface area contributed by atoms with Gasteiger partial charge >= 0.3 is 12.1 Å². The van der Waals surface area contributed by atoms with Crippen molar-refractivity contribution in [3.63, 3.8) is 0 Å². The molecule has 2 N–H and O–H groups in total. The minimum Gasteiger partial charge on any atom is -0.497 e. The Bertz CT molecular complexity index is 1040. The lowest BCUT2D eigenvalue weighted by Crippen LogP contribution is -2.47. The first kappa shape index (κ1) is 26.5. The third kappa shape index (κ3) is 6.74. The largest absolute Gasteiger partial charge is 0.497 e. The number of carboxylic acid groups (broad SMARTS) is 1. The second kappa shape index (κ2) is 11.1. The van der Waals surface area contributed by atoms with Gasteiger partial charge < -0.3 is 24.3 Å². The van der Waals surface area contributed by atoms with E-state index in [1.807, 2.05) is 0 Å². The molecule has 1 aliphatic carbocycles. The van der Waals surface area contributed by atoms with Crippen molar-refractivity contribution in [2.24, 2.45) is 11.8 Å². The van der Waals surface area contributed by atoms with E-state index in [1.54, 1.807) is 32.0 Å². The Morgan fingerprint density at radius 2 is 2.03 bits per heavy atom. The number of carboxylic acids is 1. The average molecular weight is 498 g/mol.